The number of hydrogen-bond donors (Lipinski definition) is 0. The number of carbonyl (C=O) groups excluding carboxylic acids is 1. The highest BCUT2D eigenvalue weighted by Gasteiger charge is 2.32. The molecule has 1 aromatic rings. The third kappa shape index (κ3) is 3.05. The van der Waals surface area contributed by atoms with Gasteiger partial charge in [0.2, 0.25) is 0 Å². The van der Waals surface area contributed by atoms with E-state index in [1.54, 1.807) is 12.1 Å². The molecule has 1 aliphatic rings. The van der Waals surface area contributed by atoms with E-state index in [0.717, 1.165) is 18.8 Å². The zero-order valence-electron chi connectivity index (χ0n) is 12.9. The first-order valence-electron chi connectivity index (χ1n) is 7.02. The van der Waals surface area contributed by atoms with Crippen LogP contribution >= 0.6 is 0 Å². The van der Waals surface area contributed by atoms with Gasteiger partial charge in [-0.05, 0) is 39.1 Å². The molecule has 1 fully saturated rings. The van der Waals surface area contributed by atoms with Gasteiger partial charge in [-0.15, -0.1) is 0 Å². The SMILES string of the molecule is CC(=O)c1cc(N2CC(C)C(N(C)C)C2)ccc1[N+](=O)[O-]. The van der Waals surface area contributed by atoms with E-state index in [0.29, 0.717) is 12.0 Å². The molecular formula is C15H21N3O3. The summed E-state index contributed by atoms with van der Waals surface area (Å²) in [6.45, 7) is 5.31. The Morgan fingerprint density at radius 3 is 2.52 bits per heavy atom. The molecule has 2 rings (SSSR count). The Kier molecular flexibility index (Phi) is 4.27. The van der Waals surface area contributed by atoms with Crippen molar-refractivity contribution in [1.82, 2.24) is 4.90 Å². The summed E-state index contributed by atoms with van der Waals surface area (Å²) in [5, 5.41) is 11.0. The van der Waals surface area contributed by atoms with Crippen molar-refractivity contribution < 1.29 is 9.72 Å². The lowest BCUT2D eigenvalue weighted by molar-refractivity contribution is -0.385. The molecule has 1 saturated heterocycles. The number of rotatable bonds is 4. The number of Topliss-reactive ketones (excluding diaryl/α,β-unsaturated/α-hetero) is 1. The van der Waals surface area contributed by atoms with Crippen molar-refractivity contribution in [2.45, 2.75) is 19.9 Å². The van der Waals surface area contributed by atoms with E-state index >= 15 is 0 Å². The van der Waals surface area contributed by atoms with Gasteiger partial charge in [-0.3, -0.25) is 14.9 Å². The first-order valence-corrected chi connectivity index (χ1v) is 7.02. The maximum atomic E-state index is 11.6. The number of nitro groups is 1. The second-order valence-electron chi connectivity index (χ2n) is 5.93. The number of hydrogen-bond acceptors (Lipinski definition) is 5. The third-order valence-electron chi connectivity index (χ3n) is 4.16. The lowest BCUT2D eigenvalue weighted by atomic mass is 10.1. The molecular weight excluding hydrogens is 270 g/mol. The highest BCUT2D eigenvalue weighted by Crippen LogP contribution is 2.30. The predicted molar refractivity (Wildman–Crippen MR) is 82.0 cm³/mol. The lowest BCUT2D eigenvalue weighted by Crippen LogP contribution is -2.34. The predicted octanol–water partition coefficient (Wildman–Crippen LogP) is 2.18. The monoisotopic (exact) mass is 291 g/mol. The van der Waals surface area contributed by atoms with Gasteiger partial charge in [0, 0.05) is 30.9 Å². The molecule has 0 N–H and O–H groups in total. The molecule has 0 amide bonds. The fourth-order valence-corrected chi connectivity index (χ4v) is 2.99. The Labute approximate surface area is 124 Å². The highest BCUT2D eigenvalue weighted by atomic mass is 16.6. The first kappa shape index (κ1) is 15.4. The summed E-state index contributed by atoms with van der Waals surface area (Å²) in [4.78, 5) is 26.5. The summed E-state index contributed by atoms with van der Waals surface area (Å²) in [5.74, 6) is 0.232. The summed E-state index contributed by atoms with van der Waals surface area (Å²) in [5.41, 5.74) is 0.933. The first-order chi connectivity index (χ1) is 9.81. The quantitative estimate of drug-likeness (QED) is 0.483. The van der Waals surface area contributed by atoms with Gasteiger partial charge in [-0.2, -0.15) is 0 Å². The molecule has 6 heteroatoms. The number of nitro benzene ring substituents is 1. The van der Waals surface area contributed by atoms with Crippen molar-refractivity contribution in [3.63, 3.8) is 0 Å². The molecule has 0 saturated carbocycles. The van der Waals surface area contributed by atoms with Gasteiger partial charge in [0.15, 0.2) is 5.78 Å². The van der Waals surface area contributed by atoms with Crippen molar-refractivity contribution in [2.24, 2.45) is 5.92 Å². The molecule has 114 valence electrons. The van der Waals surface area contributed by atoms with Gasteiger partial charge in [0.25, 0.3) is 5.69 Å². The van der Waals surface area contributed by atoms with Gasteiger partial charge in [-0.1, -0.05) is 6.92 Å². The molecule has 0 radical (unpaired) electrons. The maximum Gasteiger partial charge on any atom is 0.280 e. The standard InChI is InChI=1S/C15H21N3O3/c1-10-8-17(9-15(10)16(3)4)12-5-6-14(18(20)21)13(7-12)11(2)19/h5-7,10,15H,8-9H2,1-4H3. The zero-order chi connectivity index (χ0) is 15.7. The zero-order valence-corrected chi connectivity index (χ0v) is 12.9. The molecule has 6 nitrogen and oxygen atoms in total. The Hall–Kier alpha value is -1.95. The van der Waals surface area contributed by atoms with Crippen LogP contribution in [0.3, 0.4) is 0 Å². The highest BCUT2D eigenvalue weighted by molar-refractivity contribution is 5.99. The molecule has 21 heavy (non-hydrogen) atoms. The Bertz CT molecular complexity index is 571. The Morgan fingerprint density at radius 1 is 1.38 bits per heavy atom. The van der Waals surface area contributed by atoms with Gasteiger partial charge in [0.1, 0.15) is 0 Å². The van der Waals surface area contributed by atoms with Gasteiger partial charge in [0.05, 0.1) is 10.5 Å². The van der Waals surface area contributed by atoms with Crippen LogP contribution in [0.4, 0.5) is 11.4 Å². The van der Waals surface area contributed by atoms with Crippen LogP contribution in [0.2, 0.25) is 0 Å². The number of likely N-dealkylation sites (N-methyl/N-ethyl adjacent to an activating group) is 1. The van der Waals surface area contributed by atoms with Gasteiger partial charge < -0.3 is 9.80 Å². The minimum atomic E-state index is -0.504. The average Bonchev–Trinajstić information content (AvgIpc) is 2.80. The summed E-state index contributed by atoms with van der Waals surface area (Å²) >= 11 is 0. The molecule has 0 aromatic heterocycles. The summed E-state index contributed by atoms with van der Waals surface area (Å²) < 4.78 is 0. The molecule has 1 aliphatic heterocycles. The molecule has 0 aliphatic carbocycles. The maximum absolute atomic E-state index is 11.6. The van der Waals surface area contributed by atoms with Crippen LogP contribution in [0, 0.1) is 16.0 Å². The summed E-state index contributed by atoms with van der Waals surface area (Å²) in [7, 11) is 4.11. The summed E-state index contributed by atoms with van der Waals surface area (Å²) in [6, 6.07) is 5.25. The van der Waals surface area contributed by atoms with Crippen molar-refractivity contribution in [3.8, 4) is 0 Å². The average molecular weight is 291 g/mol. The number of benzene rings is 1. The van der Waals surface area contributed by atoms with E-state index in [1.807, 2.05) is 0 Å². The van der Waals surface area contributed by atoms with Gasteiger partial charge in [-0.25, -0.2) is 0 Å². The van der Waals surface area contributed by atoms with E-state index in [9.17, 15) is 14.9 Å². The smallest absolute Gasteiger partial charge is 0.280 e. The van der Waals surface area contributed by atoms with Gasteiger partial charge >= 0.3 is 0 Å². The molecule has 1 heterocycles. The minimum absolute atomic E-state index is 0.123. The fourth-order valence-electron chi connectivity index (χ4n) is 2.99. The molecule has 2 atom stereocenters. The van der Waals surface area contributed by atoms with Crippen molar-refractivity contribution in [1.29, 1.82) is 0 Å². The number of nitrogens with zero attached hydrogens (tertiary/aromatic N) is 3. The minimum Gasteiger partial charge on any atom is -0.370 e. The van der Waals surface area contributed by atoms with E-state index < -0.39 is 4.92 Å². The largest absolute Gasteiger partial charge is 0.370 e. The van der Waals surface area contributed by atoms with E-state index in [1.165, 1.54) is 13.0 Å². The molecule has 2 unspecified atom stereocenters. The topological polar surface area (TPSA) is 66.7 Å². The molecule has 0 spiro atoms. The van der Waals surface area contributed by atoms with Crippen LogP contribution in [0.25, 0.3) is 0 Å². The van der Waals surface area contributed by atoms with Crippen LogP contribution in [-0.2, 0) is 0 Å². The fraction of sp³-hybridized carbons (Fsp3) is 0.533. The van der Waals surface area contributed by atoms with Crippen LogP contribution < -0.4 is 4.90 Å². The van der Waals surface area contributed by atoms with Crippen LogP contribution in [-0.4, -0.2) is 48.8 Å². The number of ketones is 1. The third-order valence-corrected chi connectivity index (χ3v) is 4.16. The van der Waals surface area contributed by atoms with E-state index in [4.69, 9.17) is 0 Å². The van der Waals surface area contributed by atoms with E-state index in [2.05, 4.69) is 30.8 Å². The molecule has 1 aromatic carbocycles. The van der Waals surface area contributed by atoms with Crippen LogP contribution in [0.1, 0.15) is 24.2 Å². The Morgan fingerprint density at radius 2 is 2.05 bits per heavy atom. The van der Waals surface area contributed by atoms with Crippen molar-refractivity contribution in [2.75, 3.05) is 32.1 Å². The second-order valence-corrected chi connectivity index (χ2v) is 5.93. The van der Waals surface area contributed by atoms with Crippen LogP contribution in [0.5, 0.6) is 0 Å². The van der Waals surface area contributed by atoms with Crippen molar-refractivity contribution >= 4 is 17.2 Å². The summed E-state index contributed by atoms with van der Waals surface area (Å²) in [6.07, 6.45) is 0. The normalized spacial score (nSPS) is 21.9. The van der Waals surface area contributed by atoms with E-state index in [-0.39, 0.29) is 17.0 Å². The lowest BCUT2D eigenvalue weighted by Gasteiger charge is -2.23. The van der Waals surface area contributed by atoms with Crippen LogP contribution in [0.15, 0.2) is 18.2 Å². The number of anilines is 1. The number of carbonyl (C=O) groups is 1. The van der Waals surface area contributed by atoms with Crippen molar-refractivity contribution in [3.05, 3.63) is 33.9 Å². The second kappa shape index (κ2) is 5.81. The Balaban J connectivity index is 2.32. The molecule has 0 bridgehead atoms.